The van der Waals surface area contributed by atoms with Gasteiger partial charge in [-0.1, -0.05) is 95.8 Å². The summed E-state index contributed by atoms with van der Waals surface area (Å²) in [6, 6.07) is 17.3. The minimum Gasteiger partial charge on any atom is -0.0918 e. The molecule has 0 saturated carbocycles. The highest BCUT2D eigenvalue weighted by Gasteiger charge is 2.31. The monoisotopic (exact) mass is 458 g/mol. The van der Waals surface area contributed by atoms with Crippen LogP contribution in [0.1, 0.15) is 16.7 Å². The van der Waals surface area contributed by atoms with E-state index in [0.29, 0.717) is 0 Å². The van der Waals surface area contributed by atoms with Crippen molar-refractivity contribution < 1.29 is 0 Å². The zero-order valence-electron chi connectivity index (χ0n) is 11.4. The molecule has 2 aromatic rings. The molecule has 20 heavy (non-hydrogen) atoms. The van der Waals surface area contributed by atoms with Crippen molar-refractivity contribution in [3.8, 4) is 0 Å². The second kappa shape index (κ2) is 7.24. The number of hydrogen-bond acceptors (Lipinski definition) is 0. The van der Waals surface area contributed by atoms with Gasteiger partial charge in [0.15, 0.2) is 0 Å². The molecule has 0 N–H and O–H groups in total. The Balaban J connectivity index is 2.42. The van der Waals surface area contributed by atoms with Crippen molar-refractivity contribution in [2.75, 3.05) is 10.7 Å². The predicted molar refractivity (Wildman–Crippen MR) is 98.3 cm³/mol. The second-order valence-corrected chi connectivity index (χ2v) is 7.16. The van der Waals surface area contributed by atoms with E-state index in [0.717, 1.165) is 17.1 Å². The van der Waals surface area contributed by atoms with Gasteiger partial charge in [-0.25, -0.2) is 0 Å². The van der Waals surface area contributed by atoms with E-state index in [1.807, 2.05) is 0 Å². The Hall–Kier alpha value is -0.120. The molecule has 0 atom stereocenters. The Morgan fingerprint density at radius 3 is 2.25 bits per heavy atom. The summed E-state index contributed by atoms with van der Waals surface area (Å²) in [6.07, 6.45) is 0.994. The highest BCUT2D eigenvalue weighted by atomic mass is 79.9. The molecule has 0 aliphatic rings. The molecule has 0 nitrogen and oxygen atoms in total. The fourth-order valence-electron chi connectivity index (χ4n) is 2.37. The van der Waals surface area contributed by atoms with Crippen molar-refractivity contribution in [2.24, 2.45) is 0 Å². The quantitative estimate of drug-likeness (QED) is 0.478. The topological polar surface area (TPSA) is 0 Å². The Bertz CT molecular complexity index is 574. The van der Waals surface area contributed by atoms with E-state index in [2.05, 4.69) is 103 Å². The molecule has 0 aromatic heterocycles. The first-order chi connectivity index (χ1) is 9.61. The van der Waals surface area contributed by atoms with Crippen LogP contribution in [0.5, 0.6) is 0 Å². The van der Waals surface area contributed by atoms with E-state index < -0.39 is 0 Å². The average molecular weight is 461 g/mol. The van der Waals surface area contributed by atoms with Gasteiger partial charge in [0, 0.05) is 20.5 Å². The lowest BCUT2D eigenvalue weighted by Gasteiger charge is -2.31. The molecular weight excluding hydrogens is 444 g/mol. The molecule has 0 saturated heterocycles. The van der Waals surface area contributed by atoms with Crippen LogP contribution in [0.25, 0.3) is 0 Å². The number of halogens is 3. The van der Waals surface area contributed by atoms with Gasteiger partial charge in [0.05, 0.1) is 0 Å². The maximum absolute atomic E-state index is 3.73. The SMILES string of the molecule is Cc1cccc(C(CBr)(CBr)Cc2ccccc2Br)c1. The summed E-state index contributed by atoms with van der Waals surface area (Å²) in [5.74, 6) is 0. The summed E-state index contributed by atoms with van der Waals surface area (Å²) < 4.78 is 1.18. The van der Waals surface area contributed by atoms with Crippen molar-refractivity contribution >= 4 is 47.8 Å². The number of aryl methyl sites for hydroxylation is 1. The predicted octanol–water partition coefficient (Wildman–Crippen LogP) is 6.03. The molecule has 0 unspecified atom stereocenters. The van der Waals surface area contributed by atoms with Gasteiger partial charge in [-0.05, 0) is 30.5 Å². The molecule has 2 rings (SSSR count). The first kappa shape index (κ1) is 16.3. The lowest BCUT2D eigenvalue weighted by Crippen LogP contribution is -2.33. The minimum atomic E-state index is 0.0654. The lowest BCUT2D eigenvalue weighted by atomic mass is 9.78. The third kappa shape index (κ3) is 3.55. The first-order valence-corrected chi connectivity index (χ1v) is 9.57. The Kier molecular flexibility index (Phi) is 5.88. The van der Waals surface area contributed by atoms with E-state index in [9.17, 15) is 0 Å². The van der Waals surface area contributed by atoms with Gasteiger partial charge in [-0.3, -0.25) is 0 Å². The summed E-state index contributed by atoms with van der Waals surface area (Å²) in [4.78, 5) is 0. The van der Waals surface area contributed by atoms with Gasteiger partial charge in [0.1, 0.15) is 0 Å². The molecule has 2 aromatic carbocycles. The highest BCUT2D eigenvalue weighted by Crippen LogP contribution is 2.35. The van der Waals surface area contributed by atoms with Gasteiger partial charge in [-0.2, -0.15) is 0 Å². The zero-order chi connectivity index (χ0) is 14.6. The molecule has 0 spiro atoms. The van der Waals surface area contributed by atoms with Crippen LogP contribution >= 0.6 is 47.8 Å². The summed E-state index contributed by atoms with van der Waals surface area (Å²) in [5.41, 5.74) is 4.09. The van der Waals surface area contributed by atoms with Crippen molar-refractivity contribution in [3.05, 3.63) is 69.7 Å². The molecule has 0 aliphatic carbocycles. The number of alkyl halides is 2. The Morgan fingerprint density at radius 2 is 1.65 bits per heavy atom. The smallest absolute Gasteiger partial charge is 0.0207 e. The van der Waals surface area contributed by atoms with Gasteiger partial charge in [0.25, 0.3) is 0 Å². The fraction of sp³-hybridized carbons (Fsp3) is 0.294. The van der Waals surface area contributed by atoms with E-state index in [4.69, 9.17) is 0 Å². The molecule has 0 radical (unpaired) electrons. The molecule has 0 heterocycles. The molecular formula is C17H17Br3. The third-order valence-electron chi connectivity index (χ3n) is 3.63. The van der Waals surface area contributed by atoms with Crippen LogP contribution in [-0.2, 0) is 11.8 Å². The van der Waals surface area contributed by atoms with E-state index in [1.54, 1.807) is 0 Å². The summed E-state index contributed by atoms with van der Waals surface area (Å²) in [7, 11) is 0. The standard InChI is InChI=1S/C17H17Br3/c1-13-5-4-7-15(9-13)17(11-18,12-19)10-14-6-2-3-8-16(14)20/h2-9H,10-12H2,1H3. The van der Waals surface area contributed by atoms with Crippen LogP contribution in [-0.4, -0.2) is 10.7 Å². The summed E-state index contributed by atoms with van der Waals surface area (Å²) >= 11 is 11.1. The average Bonchev–Trinajstić information content (AvgIpc) is 2.47. The van der Waals surface area contributed by atoms with E-state index in [1.165, 1.54) is 21.2 Å². The van der Waals surface area contributed by atoms with Gasteiger partial charge < -0.3 is 0 Å². The Morgan fingerprint density at radius 1 is 0.950 bits per heavy atom. The third-order valence-corrected chi connectivity index (χ3v) is 6.55. The van der Waals surface area contributed by atoms with E-state index in [-0.39, 0.29) is 5.41 Å². The number of hydrogen-bond donors (Lipinski definition) is 0. The van der Waals surface area contributed by atoms with Crippen LogP contribution in [0.4, 0.5) is 0 Å². The van der Waals surface area contributed by atoms with Crippen molar-refractivity contribution in [3.63, 3.8) is 0 Å². The van der Waals surface area contributed by atoms with Crippen molar-refractivity contribution in [1.29, 1.82) is 0 Å². The van der Waals surface area contributed by atoms with Gasteiger partial charge >= 0.3 is 0 Å². The van der Waals surface area contributed by atoms with Gasteiger partial charge in [-0.15, -0.1) is 0 Å². The van der Waals surface area contributed by atoms with Crippen LogP contribution < -0.4 is 0 Å². The summed E-state index contributed by atoms with van der Waals surface area (Å²) in [6.45, 7) is 2.15. The Labute approximate surface area is 146 Å². The second-order valence-electron chi connectivity index (χ2n) is 5.19. The van der Waals surface area contributed by atoms with E-state index >= 15 is 0 Å². The molecule has 3 heteroatoms. The number of benzene rings is 2. The normalized spacial score (nSPS) is 11.6. The van der Waals surface area contributed by atoms with Crippen molar-refractivity contribution in [2.45, 2.75) is 18.8 Å². The number of rotatable bonds is 5. The molecule has 106 valence electrons. The maximum Gasteiger partial charge on any atom is 0.0207 e. The molecule has 0 bridgehead atoms. The molecule has 0 aliphatic heterocycles. The molecule has 0 fully saturated rings. The van der Waals surface area contributed by atoms with Crippen LogP contribution in [0.2, 0.25) is 0 Å². The maximum atomic E-state index is 3.73. The zero-order valence-corrected chi connectivity index (χ0v) is 16.1. The highest BCUT2D eigenvalue weighted by molar-refractivity contribution is 9.10. The van der Waals surface area contributed by atoms with Crippen molar-refractivity contribution in [1.82, 2.24) is 0 Å². The van der Waals surface area contributed by atoms with Crippen LogP contribution in [0.3, 0.4) is 0 Å². The van der Waals surface area contributed by atoms with Gasteiger partial charge in [0.2, 0.25) is 0 Å². The van der Waals surface area contributed by atoms with Crippen LogP contribution in [0.15, 0.2) is 53.0 Å². The lowest BCUT2D eigenvalue weighted by molar-refractivity contribution is 0.549. The fourth-order valence-corrected chi connectivity index (χ4v) is 4.77. The summed E-state index contributed by atoms with van der Waals surface area (Å²) in [5, 5.41) is 1.85. The largest absolute Gasteiger partial charge is 0.0918 e. The minimum absolute atomic E-state index is 0.0654. The molecule has 0 amide bonds. The first-order valence-electron chi connectivity index (χ1n) is 6.54. The van der Waals surface area contributed by atoms with Crippen LogP contribution in [0, 0.1) is 6.92 Å².